The predicted molar refractivity (Wildman–Crippen MR) is 49.2 cm³/mol. The molecule has 4 heteroatoms. The Bertz CT molecular complexity index is 184. The molecule has 0 aromatic heterocycles. The number of hydrogen-bond acceptors (Lipinski definition) is 2. The lowest BCUT2D eigenvalue weighted by Crippen LogP contribution is -1.91. The number of rotatable bonds is 3. The van der Waals surface area contributed by atoms with E-state index in [4.69, 9.17) is 21.8 Å². The third kappa shape index (κ3) is 23.3. The summed E-state index contributed by atoms with van der Waals surface area (Å²) in [4.78, 5) is 9.66. The number of carbonyl (C=O) groups is 1. The average molecular weight is 191 g/mol. The summed E-state index contributed by atoms with van der Waals surface area (Å²) in [6.07, 6.45) is 1.13. The Kier molecular flexibility index (Phi) is 8.79. The first-order valence-corrected chi connectivity index (χ1v) is 3.33. The molecular weight excluding hydrogens is 180 g/mol. The number of aliphatic carboxylic acids is 1. The van der Waals surface area contributed by atoms with Crippen LogP contribution in [0.15, 0.2) is 36.6 Å². The Hall–Kier alpha value is -1.22. The molecule has 0 saturated carbocycles. The second-order valence-electron chi connectivity index (χ2n) is 1.78. The second kappa shape index (κ2) is 7.88. The molecule has 0 atom stereocenters. The monoisotopic (exact) mass is 190 g/mol. The Balaban J connectivity index is 0. The molecule has 0 spiro atoms. The summed E-state index contributed by atoms with van der Waals surface area (Å²) in [6.45, 7) is 9.50. The van der Waals surface area contributed by atoms with Gasteiger partial charge in [0.15, 0.2) is 0 Å². The number of hydrogen-bond donors (Lipinski definition) is 2. The first-order valence-electron chi connectivity index (χ1n) is 2.95. The number of carboxylic acid groups (broad SMARTS) is 1. The van der Waals surface area contributed by atoms with Crippen LogP contribution < -0.4 is 0 Å². The van der Waals surface area contributed by atoms with Crippen molar-refractivity contribution in [1.29, 1.82) is 0 Å². The average Bonchev–Trinajstić information content (AvgIpc) is 1.85. The van der Waals surface area contributed by atoms with E-state index in [0.29, 0.717) is 0 Å². The van der Waals surface area contributed by atoms with E-state index in [-0.39, 0.29) is 17.2 Å². The molecule has 3 nitrogen and oxygen atoms in total. The normalized spacial score (nSPS) is 7.42. The number of carboxylic acids is 1. The van der Waals surface area contributed by atoms with Crippen molar-refractivity contribution in [3.63, 3.8) is 0 Å². The van der Waals surface area contributed by atoms with Gasteiger partial charge in [-0.2, -0.15) is 0 Å². The minimum atomic E-state index is -0.944. The third-order valence-corrected chi connectivity index (χ3v) is 0.712. The highest BCUT2D eigenvalue weighted by Gasteiger charge is 1.94. The molecule has 0 fully saturated rings. The van der Waals surface area contributed by atoms with E-state index >= 15 is 0 Å². The predicted octanol–water partition coefficient (Wildman–Crippen LogP) is 2.46. The van der Waals surface area contributed by atoms with E-state index in [2.05, 4.69) is 19.7 Å². The molecular formula is C8H11ClO3. The van der Waals surface area contributed by atoms with Gasteiger partial charge in [-0.15, -0.1) is 0 Å². The fourth-order valence-corrected chi connectivity index (χ4v) is 0.278. The first-order chi connectivity index (χ1) is 5.40. The maximum absolute atomic E-state index is 9.66. The maximum atomic E-state index is 9.66. The van der Waals surface area contributed by atoms with Crippen molar-refractivity contribution < 1.29 is 15.0 Å². The van der Waals surface area contributed by atoms with E-state index in [0.717, 1.165) is 0 Å². The Morgan fingerprint density at radius 2 is 1.75 bits per heavy atom. The van der Waals surface area contributed by atoms with Gasteiger partial charge in [0, 0.05) is 5.03 Å². The quantitative estimate of drug-likeness (QED) is 0.531. The van der Waals surface area contributed by atoms with Crippen LogP contribution in [0.1, 0.15) is 6.42 Å². The topological polar surface area (TPSA) is 57.5 Å². The van der Waals surface area contributed by atoms with Crippen molar-refractivity contribution in [2.75, 3.05) is 0 Å². The highest BCUT2D eigenvalue weighted by atomic mass is 35.5. The van der Waals surface area contributed by atoms with Gasteiger partial charge in [0.2, 0.25) is 0 Å². The SMILES string of the molecule is C=C(Cl)CC(=O)O.C=CC(=C)O. The number of halogens is 1. The summed E-state index contributed by atoms with van der Waals surface area (Å²) < 4.78 is 0. The molecule has 0 unspecified atom stereocenters. The fourth-order valence-electron chi connectivity index (χ4n) is 0.164. The van der Waals surface area contributed by atoms with Gasteiger partial charge in [-0.3, -0.25) is 4.79 Å². The lowest BCUT2D eigenvalue weighted by Gasteiger charge is -1.83. The zero-order valence-electron chi connectivity index (χ0n) is 6.59. The minimum absolute atomic E-state index is 0.0185. The summed E-state index contributed by atoms with van der Waals surface area (Å²) in [5.41, 5.74) is 0. The zero-order valence-corrected chi connectivity index (χ0v) is 7.34. The molecule has 12 heavy (non-hydrogen) atoms. The van der Waals surface area contributed by atoms with Crippen molar-refractivity contribution in [3.8, 4) is 0 Å². The standard InChI is InChI=1S/C4H5ClO2.C4H6O/c1-3(5)2-4(6)7;1-3-4(2)5/h1-2H2,(H,6,7);3,5H,1-2H2. The van der Waals surface area contributed by atoms with Gasteiger partial charge in [-0.1, -0.05) is 31.3 Å². The van der Waals surface area contributed by atoms with Gasteiger partial charge in [-0.05, 0) is 6.08 Å². The molecule has 0 aromatic carbocycles. The molecule has 0 bridgehead atoms. The van der Waals surface area contributed by atoms with E-state index in [1.54, 1.807) is 0 Å². The van der Waals surface area contributed by atoms with Crippen molar-refractivity contribution >= 4 is 17.6 Å². The van der Waals surface area contributed by atoms with Crippen LogP contribution in [0, 0.1) is 0 Å². The van der Waals surface area contributed by atoms with Crippen LogP contribution in [0.25, 0.3) is 0 Å². The van der Waals surface area contributed by atoms with Crippen molar-refractivity contribution in [2.24, 2.45) is 0 Å². The molecule has 0 saturated heterocycles. The summed E-state index contributed by atoms with van der Waals surface area (Å²) in [6, 6.07) is 0. The van der Waals surface area contributed by atoms with E-state index in [1.165, 1.54) is 6.08 Å². The lowest BCUT2D eigenvalue weighted by atomic mass is 10.4. The molecule has 0 rings (SSSR count). The van der Waals surface area contributed by atoms with Crippen LogP contribution in [-0.4, -0.2) is 16.2 Å². The molecule has 0 aliphatic heterocycles. The van der Waals surface area contributed by atoms with Crippen LogP contribution in [0.4, 0.5) is 0 Å². The van der Waals surface area contributed by atoms with Gasteiger partial charge in [-0.25, -0.2) is 0 Å². The maximum Gasteiger partial charge on any atom is 0.308 e. The highest BCUT2D eigenvalue weighted by Crippen LogP contribution is 2.00. The lowest BCUT2D eigenvalue weighted by molar-refractivity contribution is -0.136. The molecule has 0 amide bonds. The van der Waals surface area contributed by atoms with Crippen molar-refractivity contribution in [2.45, 2.75) is 6.42 Å². The first kappa shape index (κ1) is 13.4. The Morgan fingerprint density at radius 1 is 1.42 bits per heavy atom. The molecule has 0 heterocycles. The van der Waals surface area contributed by atoms with Gasteiger partial charge in [0.25, 0.3) is 0 Å². The summed E-state index contributed by atoms with van der Waals surface area (Å²) >= 11 is 5.10. The molecule has 0 radical (unpaired) electrons. The Labute approximate surface area is 76.3 Å². The van der Waals surface area contributed by atoms with Gasteiger partial charge < -0.3 is 10.2 Å². The molecule has 0 aromatic rings. The molecule has 2 N–H and O–H groups in total. The third-order valence-electron chi connectivity index (χ3n) is 0.579. The Morgan fingerprint density at radius 3 is 1.75 bits per heavy atom. The van der Waals surface area contributed by atoms with Crippen molar-refractivity contribution in [3.05, 3.63) is 36.6 Å². The van der Waals surface area contributed by atoms with Crippen LogP contribution in [0.2, 0.25) is 0 Å². The second-order valence-corrected chi connectivity index (χ2v) is 2.32. The van der Waals surface area contributed by atoms with Gasteiger partial charge >= 0.3 is 5.97 Å². The number of allylic oxidation sites excluding steroid dienone is 1. The number of aliphatic hydroxyl groups is 1. The zero-order chi connectivity index (χ0) is 10.1. The van der Waals surface area contributed by atoms with Crippen molar-refractivity contribution in [1.82, 2.24) is 0 Å². The number of aliphatic hydroxyl groups excluding tert-OH is 1. The smallest absolute Gasteiger partial charge is 0.308 e. The fraction of sp³-hybridized carbons (Fsp3) is 0.125. The van der Waals surface area contributed by atoms with Gasteiger partial charge in [0.1, 0.15) is 5.76 Å². The van der Waals surface area contributed by atoms with E-state index in [1.807, 2.05) is 0 Å². The minimum Gasteiger partial charge on any atom is -0.509 e. The molecule has 68 valence electrons. The van der Waals surface area contributed by atoms with Crippen LogP contribution in [0.3, 0.4) is 0 Å². The summed E-state index contributed by atoms with van der Waals surface area (Å²) in [5, 5.41) is 16.1. The van der Waals surface area contributed by atoms with Crippen LogP contribution in [0.5, 0.6) is 0 Å². The van der Waals surface area contributed by atoms with Gasteiger partial charge in [0.05, 0.1) is 6.42 Å². The largest absolute Gasteiger partial charge is 0.509 e. The highest BCUT2D eigenvalue weighted by molar-refractivity contribution is 6.30. The summed E-state index contributed by atoms with van der Waals surface area (Å²) in [5.74, 6) is -0.926. The summed E-state index contributed by atoms with van der Waals surface area (Å²) in [7, 11) is 0. The van der Waals surface area contributed by atoms with E-state index < -0.39 is 5.97 Å². The molecule has 0 aliphatic rings. The van der Waals surface area contributed by atoms with Crippen LogP contribution >= 0.6 is 11.6 Å². The van der Waals surface area contributed by atoms with Crippen LogP contribution in [-0.2, 0) is 4.79 Å². The molecule has 0 aliphatic carbocycles. The van der Waals surface area contributed by atoms with E-state index in [9.17, 15) is 4.79 Å².